The van der Waals surface area contributed by atoms with Crippen molar-refractivity contribution in [3.8, 4) is 11.1 Å². The van der Waals surface area contributed by atoms with Crippen LogP contribution in [0.4, 0.5) is 16.2 Å². The van der Waals surface area contributed by atoms with Crippen LogP contribution in [-0.4, -0.2) is 47.5 Å². The summed E-state index contributed by atoms with van der Waals surface area (Å²) >= 11 is 0. The third-order valence-electron chi connectivity index (χ3n) is 7.10. The van der Waals surface area contributed by atoms with E-state index in [9.17, 15) is 24.0 Å². The highest BCUT2D eigenvalue weighted by Crippen LogP contribution is 2.28. The van der Waals surface area contributed by atoms with Crippen molar-refractivity contribution in [1.82, 2.24) is 10.6 Å². The minimum atomic E-state index is -1.07. The molecule has 0 unspecified atom stereocenters. The van der Waals surface area contributed by atoms with Crippen LogP contribution in [0.3, 0.4) is 0 Å². The molecule has 0 saturated carbocycles. The minimum absolute atomic E-state index is 0.0986. The van der Waals surface area contributed by atoms with E-state index in [1.807, 2.05) is 60.7 Å². The van der Waals surface area contributed by atoms with Gasteiger partial charge in [-0.15, -0.1) is 0 Å². The topological polar surface area (TPSA) is 163 Å². The average molecular weight is 637 g/mol. The largest absolute Gasteiger partial charge is 0.478 e. The van der Waals surface area contributed by atoms with Gasteiger partial charge in [-0.1, -0.05) is 60.7 Å². The Hall–Kier alpha value is -5.97. The van der Waals surface area contributed by atoms with Gasteiger partial charge in [0.15, 0.2) is 0 Å². The molecule has 4 aromatic carbocycles. The van der Waals surface area contributed by atoms with E-state index in [1.54, 1.807) is 18.2 Å². The van der Waals surface area contributed by atoms with Crippen LogP contribution >= 0.6 is 0 Å². The summed E-state index contributed by atoms with van der Waals surface area (Å²) in [7, 11) is 0. The number of carboxylic acids is 1. The first-order valence-electron chi connectivity index (χ1n) is 15.1. The molecule has 1 atom stereocenters. The lowest BCUT2D eigenvalue weighted by molar-refractivity contribution is -0.125. The van der Waals surface area contributed by atoms with Gasteiger partial charge < -0.3 is 31.1 Å². The van der Waals surface area contributed by atoms with E-state index >= 15 is 0 Å². The summed E-state index contributed by atoms with van der Waals surface area (Å²) in [5, 5.41) is 20.2. The first-order valence-corrected chi connectivity index (χ1v) is 15.1. The monoisotopic (exact) mass is 636 g/mol. The summed E-state index contributed by atoms with van der Waals surface area (Å²) in [6, 6.07) is 28.4. The van der Waals surface area contributed by atoms with Crippen LogP contribution in [0.2, 0.25) is 0 Å². The van der Waals surface area contributed by atoms with Crippen molar-refractivity contribution >= 4 is 41.2 Å². The van der Waals surface area contributed by atoms with Gasteiger partial charge in [-0.3, -0.25) is 14.4 Å². The smallest absolute Gasteiger partial charge is 0.407 e. The molecule has 11 heteroatoms. The number of carbonyl (C=O) groups excluding carboxylic acids is 4. The first-order chi connectivity index (χ1) is 22.7. The molecular weight excluding hydrogens is 600 g/mol. The van der Waals surface area contributed by atoms with E-state index in [2.05, 4.69) is 21.3 Å². The second-order valence-electron chi connectivity index (χ2n) is 10.7. The van der Waals surface area contributed by atoms with Crippen molar-refractivity contribution in [2.75, 3.05) is 17.2 Å². The van der Waals surface area contributed by atoms with E-state index in [0.717, 1.165) is 11.1 Å². The Kier molecular flexibility index (Phi) is 12.2. The molecule has 0 spiro atoms. The van der Waals surface area contributed by atoms with Crippen LogP contribution in [0.25, 0.3) is 11.1 Å². The summed E-state index contributed by atoms with van der Waals surface area (Å²) in [6.45, 7) is 1.84. The highest BCUT2D eigenvalue weighted by atomic mass is 16.5. The van der Waals surface area contributed by atoms with Gasteiger partial charge in [0, 0.05) is 30.4 Å². The van der Waals surface area contributed by atoms with Gasteiger partial charge in [0.05, 0.1) is 5.56 Å². The Morgan fingerprint density at radius 1 is 0.766 bits per heavy atom. The second-order valence-corrected chi connectivity index (χ2v) is 10.7. The standard InChI is InChI=1S/C36H36N4O7/c1-24(41)38-32(14-8-9-21-37-36(46)47-23-25-10-4-2-5-11-25)34(43)40-29-19-20-30(31(22-29)26-12-6-3-7-13-26)33(42)39-28-17-15-27(16-18-28)35(44)45/h2-7,10-13,15-20,22,32H,8-9,14,21,23H2,1H3,(H,37,46)(H,38,41)(H,39,42)(H,40,43)(H,44,45)/t32-/m0/s1. The minimum Gasteiger partial charge on any atom is -0.478 e. The number of alkyl carbamates (subject to hydrolysis) is 1. The molecule has 4 amide bonds. The molecule has 5 N–H and O–H groups in total. The normalized spacial score (nSPS) is 11.1. The van der Waals surface area contributed by atoms with Gasteiger partial charge >= 0.3 is 12.1 Å². The lowest BCUT2D eigenvalue weighted by atomic mass is 9.98. The van der Waals surface area contributed by atoms with Crippen LogP contribution in [-0.2, 0) is 20.9 Å². The maximum atomic E-state index is 13.3. The molecule has 0 fully saturated rings. The Morgan fingerprint density at radius 2 is 1.43 bits per heavy atom. The Labute approximate surface area is 272 Å². The highest BCUT2D eigenvalue weighted by molar-refractivity contribution is 6.09. The Morgan fingerprint density at radius 3 is 2.09 bits per heavy atom. The Balaban J connectivity index is 1.37. The second kappa shape index (κ2) is 16.9. The zero-order valence-electron chi connectivity index (χ0n) is 25.8. The number of hydrogen-bond donors (Lipinski definition) is 5. The lowest BCUT2D eigenvalue weighted by Crippen LogP contribution is -2.43. The van der Waals surface area contributed by atoms with Crippen LogP contribution in [0.5, 0.6) is 0 Å². The van der Waals surface area contributed by atoms with E-state index in [-0.39, 0.29) is 18.1 Å². The third kappa shape index (κ3) is 10.6. The van der Waals surface area contributed by atoms with E-state index in [4.69, 9.17) is 9.84 Å². The average Bonchev–Trinajstić information content (AvgIpc) is 3.07. The molecule has 0 aliphatic heterocycles. The molecule has 0 aromatic heterocycles. The van der Waals surface area contributed by atoms with Crippen LogP contribution in [0.15, 0.2) is 103 Å². The van der Waals surface area contributed by atoms with Gasteiger partial charge in [-0.05, 0) is 78.4 Å². The molecule has 0 aliphatic rings. The third-order valence-corrected chi connectivity index (χ3v) is 7.10. The number of benzene rings is 4. The summed E-state index contributed by atoms with van der Waals surface area (Å²) in [5.74, 6) is -2.27. The zero-order chi connectivity index (χ0) is 33.6. The lowest BCUT2D eigenvalue weighted by Gasteiger charge is -2.19. The maximum absolute atomic E-state index is 13.3. The van der Waals surface area contributed by atoms with Gasteiger partial charge in [-0.25, -0.2) is 9.59 Å². The summed E-state index contributed by atoms with van der Waals surface area (Å²) in [6.07, 6.45) is 0.899. The molecule has 4 rings (SSSR count). The van der Waals surface area contributed by atoms with Gasteiger partial charge in [0.25, 0.3) is 5.91 Å². The van der Waals surface area contributed by atoms with E-state index in [0.29, 0.717) is 48.3 Å². The van der Waals surface area contributed by atoms with E-state index < -0.39 is 29.9 Å². The van der Waals surface area contributed by atoms with Gasteiger partial charge in [0.1, 0.15) is 12.6 Å². The fourth-order valence-corrected chi connectivity index (χ4v) is 4.75. The summed E-state index contributed by atoms with van der Waals surface area (Å²) in [4.78, 5) is 61.7. The van der Waals surface area contributed by atoms with Crippen LogP contribution in [0, 0.1) is 0 Å². The molecule has 4 aromatic rings. The number of carboxylic acid groups (broad SMARTS) is 1. The van der Waals surface area contributed by atoms with Crippen molar-refractivity contribution in [3.63, 3.8) is 0 Å². The van der Waals surface area contributed by atoms with Crippen molar-refractivity contribution in [3.05, 3.63) is 120 Å². The van der Waals surface area contributed by atoms with Crippen molar-refractivity contribution < 1.29 is 33.8 Å². The predicted octanol–water partition coefficient (Wildman–Crippen LogP) is 5.84. The molecule has 0 heterocycles. The first kappa shape index (κ1) is 33.9. The number of rotatable bonds is 14. The predicted molar refractivity (Wildman–Crippen MR) is 178 cm³/mol. The molecular formula is C36H36N4O7. The molecule has 0 radical (unpaired) electrons. The quantitative estimate of drug-likeness (QED) is 0.109. The van der Waals surface area contributed by atoms with Crippen LogP contribution < -0.4 is 21.3 Å². The highest BCUT2D eigenvalue weighted by Gasteiger charge is 2.21. The molecule has 0 bridgehead atoms. The molecule has 0 aliphatic carbocycles. The number of amides is 4. The van der Waals surface area contributed by atoms with Crippen molar-refractivity contribution in [1.29, 1.82) is 0 Å². The molecule has 242 valence electrons. The number of nitrogens with one attached hydrogen (secondary N) is 4. The number of hydrogen-bond acceptors (Lipinski definition) is 6. The maximum Gasteiger partial charge on any atom is 0.407 e. The zero-order valence-corrected chi connectivity index (χ0v) is 25.8. The van der Waals surface area contributed by atoms with Gasteiger partial charge in [-0.2, -0.15) is 0 Å². The van der Waals surface area contributed by atoms with E-state index in [1.165, 1.54) is 31.2 Å². The number of anilines is 2. The number of ether oxygens (including phenoxy) is 1. The SMILES string of the molecule is CC(=O)N[C@@H](CCCCNC(=O)OCc1ccccc1)C(=O)Nc1ccc(C(=O)Nc2ccc(C(=O)O)cc2)c(-c2ccccc2)c1. The molecule has 0 saturated heterocycles. The fourth-order valence-electron chi connectivity index (χ4n) is 4.75. The Bertz CT molecular complexity index is 1690. The van der Waals surface area contributed by atoms with Crippen LogP contribution in [0.1, 0.15) is 52.5 Å². The fraction of sp³-hybridized carbons (Fsp3) is 0.194. The molecule has 47 heavy (non-hydrogen) atoms. The molecule has 11 nitrogen and oxygen atoms in total. The number of unbranched alkanes of at least 4 members (excludes halogenated alkanes) is 1. The van der Waals surface area contributed by atoms with Crippen molar-refractivity contribution in [2.24, 2.45) is 0 Å². The number of aromatic carboxylic acids is 1. The number of carbonyl (C=O) groups is 5. The van der Waals surface area contributed by atoms with Gasteiger partial charge in [0.2, 0.25) is 11.8 Å². The summed E-state index contributed by atoms with van der Waals surface area (Å²) in [5.41, 5.74) is 3.47. The van der Waals surface area contributed by atoms with Crippen molar-refractivity contribution in [2.45, 2.75) is 38.8 Å². The summed E-state index contributed by atoms with van der Waals surface area (Å²) < 4.78 is 5.20.